The Kier molecular flexibility index (Phi) is 2.75. The molecular formula is C7H15NO3S. The Bertz CT molecular complexity index is 241. The van der Waals surface area contributed by atoms with Gasteiger partial charge in [-0.3, -0.25) is 4.18 Å². The molecular weight excluding hydrogens is 178 g/mol. The largest absolute Gasteiger partial charge is 0.333 e. The molecule has 12 heavy (non-hydrogen) atoms. The maximum Gasteiger partial charge on any atom is 0.333 e. The summed E-state index contributed by atoms with van der Waals surface area (Å²) in [5.41, 5.74) is -0.550. The highest BCUT2D eigenvalue weighted by Crippen LogP contribution is 2.31. The summed E-state index contributed by atoms with van der Waals surface area (Å²) in [6.45, 7) is 1.80. The van der Waals surface area contributed by atoms with E-state index in [1.807, 2.05) is 0 Å². The molecule has 0 heterocycles. The van der Waals surface area contributed by atoms with Crippen LogP contribution in [-0.4, -0.2) is 14.0 Å². The summed E-state index contributed by atoms with van der Waals surface area (Å²) < 4.78 is 26.1. The SMILES string of the molecule is CC1(OS(N)(=O)=O)CCCCC1. The average Bonchev–Trinajstić information content (AvgIpc) is 1.83. The van der Waals surface area contributed by atoms with Crippen molar-refractivity contribution in [2.75, 3.05) is 0 Å². The predicted octanol–water partition coefficient (Wildman–Crippen LogP) is 0.929. The van der Waals surface area contributed by atoms with Gasteiger partial charge in [-0.05, 0) is 19.8 Å². The van der Waals surface area contributed by atoms with Crippen molar-refractivity contribution in [1.29, 1.82) is 0 Å². The van der Waals surface area contributed by atoms with Crippen molar-refractivity contribution in [2.24, 2.45) is 5.14 Å². The molecule has 72 valence electrons. The van der Waals surface area contributed by atoms with Gasteiger partial charge in [0.05, 0.1) is 5.60 Å². The fourth-order valence-corrected chi connectivity index (χ4v) is 2.39. The van der Waals surface area contributed by atoms with Gasteiger partial charge in [0.25, 0.3) is 0 Å². The van der Waals surface area contributed by atoms with E-state index in [4.69, 9.17) is 9.32 Å². The summed E-state index contributed by atoms with van der Waals surface area (Å²) >= 11 is 0. The molecule has 1 fully saturated rings. The number of hydrogen-bond acceptors (Lipinski definition) is 3. The second kappa shape index (κ2) is 3.32. The van der Waals surface area contributed by atoms with Crippen LogP contribution in [0.3, 0.4) is 0 Å². The van der Waals surface area contributed by atoms with E-state index in [0.29, 0.717) is 0 Å². The fourth-order valence-electron chi connectivity index (χ4n) is 1.66. The van der Waals surface area contributed by atoms with Crippen molar-refractivity contribution < 1.29 is 12.6 Å². The van der Waals surface area contributed by atoms with Crippen LogP contribution in [0.2, 0.25) is 0 Å². The topological polar surface area (TPSA) is 69.4 Å². The molecule has 0 radical (unpaired) electrons. The van der Waals surface area contributed by atoms with E-state index in [-0.39, 0.29) is 0 Å². The Morgan fingerprint density at radius 1 is 1.25 bits per heavy atom. The highest BCUT2D eigenvalue weighted by Gasteiger charge is 2.31. The molecule has 2 N–H and O–H groups in total. The van der Waals surface area contributed by atoms with Crippen LogP contribution < -0.4 is 5.14 Å². The van der Waals surface area contributed by atoms with Crippen LogP contribution in [0.25, 0.3) is 0 Å². The summed E-state index contributed by atoms with van der Waals surface area (Å²) in [7, 11) is -3.78. The first kappa shape index (κ1) is 9.95. The molecule has 0 aliphatic heterocycles. The van der Waals surface area contributed by atoms with Crippen molar-refractivity contribution in [1.82, 2.24) is 0 Å². The molecule has 5 heteroatoms. The van der Waals surface area contributed by atoms with Crippen molar-refractivity contribution >= 4 is 10.3 Å². The second-order valence-corrected chi connectivity index (χ2v) is 4.74. The minimum absolute atomic E-state index is 0.550. The molecule has 1 rings (SSSR count). The average molecular weight is 193 g/mol. The Balaban J connectivity index is 2.59. The molecule has 0 aromatic rings. The van der Waals surface area contributed by atoms with Crippen LogP contribution in [-0.2, 0) is 14.5 Å². The third-order valence-electron chi connectivity index (χ3n) is 2.23. The molecule has 1 aliphatic rings. The highest BCUT2D eigenvalue weighted by molar-refractivity contribution is 7.84. The third-order valence-corrected chi connectivity index (χ3v) is 2.86. The van der Waals surface area contributed by atoms with E-state index in [1.54, 1.807) is 6.92 Å². The zero-order valence-corrected chi connectivity index (χ0v) is 8.06. The molecule has 0 aromatic carbocycles. The van der Waals surface area contributed by atoms with Crippen LogP contribution in [0.4, 0.5) is 0 Å². The van der Waals surface area contributed by atoms with E-state index < -0.39 is 15.9 Å². The molecule has 0 saturated heterocycles. The van der Waals surface area contributed by atoms with Gasteiger partial charge < -0.3 is 0 Å². The molecule has 4 nitrogen and oxygen atoms in total. The van der Waals surface area contributed by atoms with E-state index in [2.05, 4.69) is 0 Å². The van der Waals surface area contributed by atoms with Crippen molar-refractivity contribution in [3.63, 3.8) is 0 Å². The summed E-state index contributed by atoms with van der Waals surface area (Å²) in [4.78, 5) is 0. The van der Waals surface area contributed by atoms with Gasteiger partial charge in [-0.2, -0.15) is 8.42 Å². The zero-order chi connectivity index (χ0) is 9.24. The molecule has 0 bridgehead atoms. The van der Waals surface area contributed by atoms with Gasteiger partial charge in [-0.1, -0.05) is 19.3 Å². The summed E-state index contributed by atoms with van der Waals surface area (Å²) in [6.07, 6.45) is 4.76. The minimum atomic E-state index is -3.78. The van der Waals surface area contributed by atoms with E-state index >= 15 is 0 Å². The second-order valence-electron chi connectivity index (χ2n) is 3.59. The van der Waals surface area contributed by atoms with Gasteiger partial charge in [0.15, 0.2) is 0 Å². The lowest BCUT2D eigenvalue weighted by Gasteiger charge is -2.31. The van der Waals surface area contributed by atoms with Gasteiger partial charge in [-0.15, -0.1) is 0 Å². The van der Waals surface area contributed by atoms with Crippen molar-refractivity contribution in [3.05, 3.63) is 0 Å². The number of rotatable bonds is 2. The maximum atomic E-state index is 10.7. The van der Waals surface area contributed by atoms with Crippen LogP contribution in [0.5, 0.6) is 0 Å². The van der Waals surface area contributed by atoms with Crippen LogP contribution in [0.1, 0.15) is 39.0 Å². The van der Waals surface area contributed by atoms with Gasteiger partial charge in [0, 0.05) is 0 Å². The molecule has 0 unspecified atom stereocenters. The van der Waals surface area contributed by atoms with Gasteiger partial charge >= 0.3 is 10.3 Å². The van der Waals surface area contributed by atoms with E-state index in [9.17, 15) is 8.42 Å². The normalized spacial score (nSPS) is 23.8. The summed E-state index contributed by atoms with van der Waals surface area (Å²) in [5.74, 6) is 0. The minimum Gasteiger partial charge on any atom is -0.252 e. The zero-order valence-electron chi connectivity index (χ0n) is 7.25. The van der Waals surface area contributed by atoms with Gasteiger partial charge in [0.2, 0.25) is 0 Å². The molecule has 0 aromatic heterocycles. The third kappa shape index (κ3) is 3.08. The molecule has 1 saturated carbocycles. The summed E-state index contributed by atoms with van der Waals surface area (Å²) in [5, 5.41) is 4.80. The standard InChI is InChI=1S/C7H15NO3S/c1-7(11-12(8,9)10)5-3-2-4-6-7/h2-6H2,1H3,(H2,8,9,10). The maximum absolute atomic E-state index is 10.7. The molecule has 0 atom stereocenters. The quantitative estimate of drug-likeness (QED) is 0.709. The van der Waals surface area contributed by atoms with Crippen LogP contribution in [0, 0.1) is 0 Å². The number of hydrogen-bond donors (Lipinski definition) is 1. The Hall–Kier alpha value is -0.130. The lowest BCUT2D eigenvalue weighted by atomic mass is 9.87. The Labute approximate surface area is 73.3 Å². The van der Waals surface area contributed by atoms with Crippen molar-refractivity contribution in [3.8, 4) is 0 Å². The van der Waals surface area contributed by atoms with Crippen LogP contribution >= 0.6 is 0 Å². The molecule has 0 amide bonds. The van der Waals surface area contributed by atoms with Crippen molar-refractivity contribution in [2.45, 2.75) is 44.6 Å². The highest BCUT2D eigenvalue weighted by atomic mass is 32.2. The monoisotopic (exact) mass is 193 g/mol. The predicted molar refractivity (Wildman–Crippen MR) is 45.7 cm³/mol. The van der Waals surface area contributed by atoms with E-state index in [0.717, 1.165) is 32.1 Å². The fraction of sp³-hybridized carbons (Fsp3) is 1.00. The molecule has 0 spiro atoms. The lowest BCUT2D eigenvalue weighted by molar-refractivity contribution is 0.0559. The van der Waals surface area contributed by atoms with Crippen LogP contribution in [0.15, 0.2) is 0 Å². The first-order chi connectivity index (χ1) is 5.41. The lowest BCUT2D eigenvalue weighted by Crippen LogP contribution is -2.36. The molecule has 1 aliphatic carbocycles. The number of nitrogens with two attached hydrogens (primary N) is 1. The smallest absolute Gasteiger partial charge is 0.252 e. The summed E-state index contributed by atoms with van der Waals surface area (Å²) in [6, 6.07) is 0. The Morgan fingerprint density at radius 2 is 1.75 bits per heavy atom. The first-order valence-corrected chi connectivity index (χ1v) is 5.62. The first-order valence-electron chi connectivity index (χ1n) is 4.15. The van der Waals surface area contributed by atoms with E-state index in [1.165, 1.54) is 0 Å². The Morgan fingerprint density at radius 3 is 2.17 bits per heavy atom. The van der Waals surface area contributed by atoms with Gasteiger partial charge in [0.1, 0.15) is 0 Å². The van der Waals surface area contributed by atoms with Gasteiger partial charge in [-0.25, -0.2) is 5.14 Å².